The number of carbonyl (C=O) groups is 1. The first kappa shape index (κ1) is 11.4. The van der Waals surface area contributed by atoms with E-state index >= 15 is 0 Å². The Morgan fingerprint density at radius 2 is 2.17 bits per heavy atom. The highest BCUT2D eigenvalue weighted by Crippen LogP contribution is 1.92. The zero-order valence-electron chi connectivity index (χ0n) is 8.00. The largest absolute Gasteiger partial charge is 0.391 e. The number of aliphatic hydroxyl groups excluding tert-OH is 1. The van der Waals surface area contributed by atoms with Gasteiger partial charge < -0.3 is 15.3 Å². The third kappa shape index (κ3) is 6.12. The Morgan fingerprint density at radius 1 is 1.58 bits per heavy atom. The predicted octanol–water partition coefficient (Wildman–Crippen LogP) is -0.565. The van der Waals surface area contributed by atoms with E-state index in [-0.39, 0.29) is 12.3 Å². The minimum absolute atomic E-state index is 0.0909. The lowest BCUT2D eigenvalue weighted by Gasteiger charge is -2.14. The zero-order valence-corrected chi connectivity index (χ0v) is 8.00. The summed E-state index contributed by atoms with van der Waals surface area (Å²) in [5.41, 5.74) is 0. The summed E-state index contributed by atoms with van der Waals surface area (Å²) < 4.78 is 0. The maximum absolute atomic E-state index is 10.9. The summed E-state index contributed by atoms with van der Waals surface area (Å²) in [5, 5.41) is 11.9. The van der Waals surface area contributed by atoms with E-state index in [0.717, 1.165) is 0 Å². The Labute approximate surface area is 73.6 Å². The molecule has 12 heavy (non-hydrogen) atoms. The highest BCUT2D eigenvalue weighted by atomic mass is 16.3. The van der Waals surface area contributed by atoms with Crippen molar-refractivity contribution < 1.29 is 9.90 Å². The van der Waals surface area contributed by atoms with Gasteiger partial charge in [0.1, 0.15) is 0 Å². The lowest BCUT2D eigenvalue weighted by atomic mass is 10.2. The van der Waals surface area contributed by atoms with Crippen LogP contribution < -0.4 is 5.32 Å². The summed E-state index contributed by atoms with van der Waals surface area (Å²) in [5.74, 6) is -0.0909. The molecule has 0 aromatic rings. The summed E-state index contributed by atoms with van der Waals surface area (Å²) in [6.45, 7) is 3.00. The van der Waals surface area contributed by atoms with Crippen LogP contribution in [-0.2, 0) is 4.79 Å². The molecule has 4 heteroatoms. The van der Waals surface area contributed by atoms with Crippen LogP contribution >= 0.6 is 0 Å². The second-order valence-corrected chi connectivity index (χ2v) is 3.07. The van der Waals surface area contributed by atoms with Crippen molar-refractivity contribution in [2.75, 3.05) is 27.2 Å². The molecule has 1 unspecified atom stereocenters. The van der Waals surface area contributed by atoms with Gasteiger partial charge in [0, 0.05) is 13.1 Å². The van der Waals surface area contributed by atoms with E-state index < -0.39 is 6.10 Å². The first-order valence-corrected chi connectivity index (χ1v) is 4.15. The SMILES string of the molecule is CCNC(=O)CC(O)CN(C)C. The Balaban J connectivity index is 3.54. The topological polar surface area (TPSA) is 52.6 Å². The minimum Gasteiger partial charge on any atom is -0.391 e. The lowest BCUT2D eigenvalue weighted by Crippen LogP contribution is -2.32. The van der Waals surface area contributed by atoms with Gasteiger partial charge in [0.05, 0.1) is 12.5 Å². The zero-order chi connectivity index (χ0) is 9.56. The summed E-state index contributed by atoms with van der Waals surface area (Å²) in [4.78, 5) is 12.8. The molecule has 0 aromatic heterocycles. The van der Waals surface area contributed by atoms with Crippen LogP contribution in [0.4, 0.5) is 0 Å². The summed E-state index contributed by atoms with van der Waals surface area (Å²) in [6, 6.07) is 0. The van der Waals surface area contributed by atoms with Gasteiger partial charge in [-0.2, -0.15) is 0 Å². The van der Waals surface area contributed by atoms with Gasteiger partial charge in [0.15, 0.2) is 0 Å². The second-order valence-electron chi connectivity index (χ2n) is 3.07. The molecule has 0 aliphatic heterocycles. The van der Waals surface area contributed by atoms with Gasteiger partial charge in [-0.15, -0.1) is 0 Å². The second kappa shape index (κ2) is 5.97. The summed E-state index contributed by atoms with van der Waals surface area (Å²) >= 11 is 0. The average molecular weight is 174 g/mol. The van der Waals surface area contributed by atoms with Gasteiger partial charge in [-0.3, -0.25) is 4.79 Å². The van der Waals surface area contributed by atoms with Crippen LogP contribution in [0.25, 0.3) is 0 Å². The van der Waals surface area contributed by atoms with E-state index in [2.05, 4.69) is 5.32 Å². The normalized spacial score (nSPS) is 13.1. The molecule has 0 radical (unpaired) electrons. The van der Waals surface area contributed by atoms with Gasteiger partial charge in [0.2, 0.25) is 5.91 Å². The first-order valence-electron chi connectivity index (χ1n) is 4.15. The fraction of sp³-hybridized carbons (Fsp3) is 0.875. The molecule has 0 spiro atoms. The van der Waals surface area contributed by atoms with Gasteiger partial charge in [-0.25, -0.2) is 0 Å². The van der Waals surface area contributed by atoms with E-state index in [1.54, 1.807) is 0 Å². The molecule has 1 amide bonds. The molecule has 0 saturated carbocycles. The van der Waals surface area contributed by atoms with Crippen molar-refractivity contribution >= 4 is 5.91 Å². The van der Waals surface area contributed by atoms with E-state index in [4.69, 9.17) is 0 Å². The van der Waals surface area contributed by atoms with E-state index in [0.29, 0.717) is 13.1 Å². The molecule has 0 bridgehead atoms. The molecule has 0 saturated heterocycles. The number of hydrogen-bond donors (Lipinski definition) is 2. The van der Waals surface area contributed by atoms with Crippen LogP contribution in [0, 0.1) is 0 Å². The van der Waals surface area contributed by atoms with Crippen molar-refractivity contribution in [1.82, 2.24) is 10.2 Å². The van der Waals surface area contributed by atoms with Gasteiger partial charge in [-0.1, -0.05) is 0 Å². The van der Waals surface area contributed by atoms with Crippen LogP contribution in [0.5, 0.6) is 0 Å². The molecule has 0 aromatic carbocycles. The standard InChI is InChI=1S/C8H18N2O2/c1-4-9-8(12)5-7(11)6-10(2)3/h7,11H,4-6H2,1-3H3,(H,9,12). The number of amides is 1. The first-order chi connectivity index (χ1) is 5.56. The fourth-order valence-corrected chi connectivity index (χ4v) is 0.969. The van der Waals surface area contributed by atoms with Crippen LogP contribution in [0.15, 0.2) is 0 Å². The van der Waals surface area contributed by atoms with Crippen molar-refractivity contribution in [3.63, 3.8) is 0 Å². The monoisotopic (exact) mass is 174 g/mol. The number of nitrogens with one attached hydrogen (secondary N) is 1. The third-order valence-electron chi connectivity index (χ3n) is 1.37. The minimum atomic E-state index is -0.563. The molecule has 0 aliphatic carbocycles. The van der Waals surface area contributed by atoms with E-state index in [1.165, 1.54) is 0 Å². The Kier molecular flexibility index (Phi) is 5.66. The maximum Gasteiger partial charge on any atom is 0.222 e. The molecule has 1 atom stereocenters. The Bertz CT molecular complexity index is 137. The number of rotatable bonds is 5. The maximum atomic E-state index is 10.9. The molecule has 72 valence electrons. The molecule has 0 heterocycles. The molecule has 0 aliphatic rings. The highest BCUT2D eigenvalue weighted by molar-refractivity contribution is 5.76. The third-order valence-corrected chi connectivity index (χ3v) is 1.37. The van der Waals surface area contributed by atoms with Gasteiger partial charge in [-0.05, 0) is 21.0 Å². The highest BCUT2D eigenvalue weighted by Gasteiger charge is 2.10. The van der Waals surface area contributed by atoms with E-state index in [1.807, 2.05) is 25.9 Å². The number of carbonyl (C=O) groups excluding carboxylic acids is 1. The molecular weight excluding hydrogens is 156 g/mol. The van der Waals surface area contributed by atoms with Crippen LogP contribution in [0.1, 0.15) is 13.3 Å². The summed E-state index contributed by atoms with van der Waals surface area (Å²) in [6.07, 6.45) is -0.377. The van der Waals surface area contributed by atoms with E-state index in [9.17, 15) is 9.90 Å². The number of hydrogen-bond acceptors (Lipinski definition) is 3. The van der Waals surface area contributed by atoms with Crippen LogP contribution in [-0.4, -0.2) is 49.2 Å². The number of aliphatic hydroxyl groups is 1. The quantitative estimate of drug-likeness (QED) is 0.587. The fourth-order valence-electron chi connectivity index (χ4n) is 0.969. The lowest BCUT2D eigenvalue weighted by molar-refractivity contribution is -0.123. The van der Waals surface area contributed by atoms with Gasteiger partial charge >= 0.3 is 0 Å². The van der Waals surface area contributed by atoms with Crippen molar-refractivity contribution in [2.24, 2.45) is 0 Å². The molecule has 4 nitrogen and oxygen atoms in total. The van der Waals surface area contributed by atoms with Crippen LogP contribution in [0.3, 0.4) is 0 Å². The Morgan fingerprint density at radius 3 is 2.58 bits per heavy atom. The molecule has 0 rings (SSSR count). The van der Waals surface area contributed by atoms with Crippen molar-refractivity contribution in [3.05, 3.63) is 0 Å². The predicted molar refractivity (Wildman–Crippen MR) is 47.9 cm³/mol. The molecular formula is C8H18N2O2. The number of likely N-dealkylation sites (N-methyl/N-ethyl adjacent to an activating group) is 1. The van der Waals surface area contributed by atoms with Crippen LogP contribution in [0.2, 0.25) is 0 Å². The average Bonchev–Trinajstić information content (AvgIpc) is 1.84. The molecule has 0 fully saturated rings. The Hall–Kier alpha value is -0.610. The summed E-state index contributed by atoms with van der Waals surface area (Å²) in [7, 11) is 3.72. The van der Waals surface area contributed by atoms with Gasteiger partial charge in [0.25, 0.3) is 0 Å². The smallest absolute Gasteiger partial charge is 0.222 e. The molecule has 2 N–H and O–H groups in total. The van der Waals surface area contributed by atoms with Crippen molar-refractivity contribution in [3.8, 4) is 0 Å². The number of nitrogens with zero attached hydrogens (tertiary/aromatic N) is 1. The van der Waals surface area contributed by atoms with Crippen molar-refractivity contribution in [2.45, 2.75) is 19.4 Å². The van der Waals surface area contributed by atoms with Crippen molar-refractivity contribution in [1.29, 1.82) is 0 Å².